The molecule has 0 saturated carbocycles. The topological polar surface area (TPSA) is 71.0 Å². The number of rotatable bonds is 4. The Balaban J connectivity index is 1.72. The van der Waals surface area contributed by atoms with Crippen LogP contribution in [-0.4, -0.2) is 40.0 Å². The molecule has 2 aromatic heterocycles. The fraction of sp³-hybridized carbons (Fsp3) is 0.238. The van der Waals surface area contributed by atoms with Gasteiger partial charge in [0, 0.05) is 60.7 Å². The van der Waals surface area contributed by atoms with E-state index in [9.17, 15) is 4.79 Å². The predicted octanol–water partition coefficient (Wildman–Crippen LogP) is 3.57. The predicted molar refractivity (Wildman–Crippen MR) is 110 cm³/mol. The quantitative estimate of drug-likeness (QED) is 0.733. The van der Waals surface area contributed by atoms with Crippen LogP contribution in [0, 0.1) is 0 Å². The molecule has 1 aliphatic heterocycles. The van der Waals surface area contributed by atoms with Crippen molar-refractivity contribution in [2.45, 2.75) is 19.4 Å². The Kier molecular flexibility index (Phi) is 5.21. The lowest BCUT2D eigenvalue weighted by Gasteiger charge is -2.19. The molecule has 0 bridgehead atoms. The van der Waals surface area contributed by atoms with E-state index in [1.165, 1.54) is 0 Å². The van der Waals surface area contributed by atoms with Gasteiger partial charge in [-0.15, -0.1) is 0 Å². The summed E-state index contributed by atoms with van der Waals surface area (Å²) in [6, 6.07) is 13.5. The van der Waals surface area contributed by atoms with Crippen LogP contribution in [0.15, 0.2) is 54.9 Å². The second-order valence-corrected chi connectivity index (χ2v) is 7.25. The normalized spacial score (nSPS) is 16.2. The molecular weight excluding hydrogens is 374 g/mol. The number of aromatic nitrogens is 3. The summed E-state index contributed by atoms with van der Waals surface area (Å²) >= 11 is 6.03. The van der Waals surface area contributed by atoms with Crippen molar-refractivity contribution in [1.82, 2.24) is 20.3 Å². The van der Waals surface area contributed by atoms with Crippen LogP contribution >= 0.6 is 11.6 Å². The van der Waals surface area contributed by atoms with Gasteiger partial charge in [0.05, 0.1) is 5.69 Å². The van der Waals surface area contributed by atoms with E-state index in [0.717, 1.165) is 42.1 Å². The van der Waals surface area contributed by atoms with E-state index in [1.807, 2.05) is 42.5 Å². The van der Waals surface area contributed by atoms with Crippen LogP contribution in [0.3, 0.4) is 0 Å². The van der Waals surface area contributed by atoms with Gasteiger partial charge in [0.25, 0.3) is 0 Å². The highest BCUT2D eigenvalue weighted by Gasteiger charge is 2.25. The van der Waals surface area contributed by atoms with Gasteiger partial charge < -0.3 is 10.2 Å². The number of pyridine rings is 1. The maximum atomic E-state index is 11.4. The number of nitrogens with one attached hydrogen (secondary N) is 1. The second kappa shape index (κ2) is 7.94. The van der Waals surface area contributed by atoms with Crippen LogP contribution < -0.4 is 10.2 Å². The molecule has 1 amide bonds. The zero-order valence-electron chi connectivity index (χ0n) is 15.5. The summed E-state index contributed by atoms with van der Waals surface area (Å²) in [7, 11) is 0. The number of benzene rings is 1. The Labute approximate surface area is 168 Å². The van der Waals surface area contributed by atoms with Gasteiger partial charge in [-0.05, 0) is 30.7 Å². The van der Waals surface area contributed by atoms with Crippen molar-refractivity contribution in [3.05, 3.63) is 59.9 Å². The van der Waals surface area contributed by atoms with Gasteiger partial charge >= 0.3 is 0 Å². The standard InChI is InChI=1S/C21H20ClN5O/c1-14(28)24-18-8-10-27(13-18)20-11-19(15-4-6-17(22)7-5-15)25-21(26-20)16-3-2-9-23-12-16/h2-7,9,11-12,18H,8,10,13H2,1H3,(H,24,28). The first-order valence-corrected chi connectivity index (χ1v) is 9.54. The van der Waals surface area contributed by atoms with Gasteiger partial charge in [-0.3, -0.25) is 9.78 Å². The maximum absolute atomic E-state index is 11.4. The highest BCUT2D eigenvalue weighted by molar-refractivity contribution is 6.30. The second-order valence-electron chi connectivity index (χ2n) is 6.82. The molecule has 142 valence electrons. The Bertz CT molecular complexity index is 978. The van der Waals surface area contributed by atoms with E-state index < -0.39 is 0 Å². The van der Waals surface area contributed by atoms with Gasteiger partial charge in [0.2, 0.25) is 5.91 Å². The number of amides is 1. The molecule has 0 spiro atoms. The van der Waals surface area contributed by atoms with Crippen molar-refractivity contribution in [1.29, 1.82) is 0 Å². The van der Waals surface area contributed by atoms with Crippen LogP contribution in [0.2, 0.25) is 5.02 Å². The summed E-state index contributed by atoms with van der Waals surface area (Å²) < 4.78 is 0. The van der Waals surface area contributed by atoms with Crippen molar-refractivity contribution in [3.8, 4) is 22.6 Å². The van der Waals surface area contributed by atoms with Gasteiger partial charge in [0.1, 0.15) is 5.82 Å². The summed E-state index contributed by atoms with van der Waals surface area (Å²) in [6.45, 7) is 3.10. The lowest BCUT2D eigenvalue weighted by atomic mass is 10.1. The van der Waals surface area contributed by atoms with E-state index in [2.05, 4.69) is 15.2 Å². The van der Waals surface area contributed by atoms with Crippen molar-refractivity contribution >= 4 is 23.3 Å². The molecular formula is C21H20ClN5O. The fourth-order valence-electron chi connectivity index (χ4n) is 3.36. The SMILES string of the molecule is CC(=O)NC1CCN(c2cc(-c3ccc(Cl)cc3)nc(-c3cccnc3)n2)C1. The number of carbonyl (C=O) groups is 1. The first-order valence-electron chi connectivity index (χ1n) is 9.16. The molecule has 3 aromatic rings. The number of carbonyl (C=O) groups excluding carboxylic acids is 1. The molecule has 1 aliphatic rings. The molecule has 1 fully saturated rings. The minimum atomic E-state index is -0.00700. The van der Waals surface area contributed by atoms with Crippen molar-refractivity contribution in [2.75, 3.05) is 18.0 Å². The van der Waals surface area contributed by atoms with Crippen LogP contribution in [0.5, 0.6) is 0 Å². The van der Waals surface area contributed by atoms with Crippen LogP contribution in [-0.2, 0) is 4.79 Å². The molecule has 6 nitrogen and oxygen atoms in total. The molecule has 1 N–H and O–H groups in total. The Morgan fingerprint density at radius 1 is 1.18 bits per heavy atom. The number of anilines is 1. The van der Waals surface area contributed by atoms with E-state index >= 15 is 0 Å². The number of nitrogens with zero attached hydrogens (tertiary/aromatic N) is 4. The molecule has 1 atom stereocenters. The first-order chi connectivity index (χ1) is 13.6. The fourth-order valence-corrected chi connectivity index (χ4v) is 3.49. The number of halogens is 1. The largest absolute Gasteiger partial charge is 0.354 e. The van der Waals surface area contributed by atoms with Crippen LogP contribution in [0.25, 0.3) is 22.6 Å². The Morgan fingerprint density at radius 3 is 2.71 bits per heavy atom. The molecule has 28 heavy (non-hydrogen) atoms. The average molecular weight is 394 g/mol. The van der Waals surface area contributed by atoms with Gasteiger partial charge in [-0.25, -0.2) is 9.97 Å². The Hall–Kier alpha value is -2.99. The summed E-state index contributed by atoms with van der Waals surface area (Å²) in [4.78, 5) is 27.3. The smallest absolute Gasteiger partial charge is 0.217 e. The molecule has 0 radical (unpaired) electrons. The monoisotopic (exact) mass is 393 g/mol. The highest BCUT2D eigenvalue weighted by Crippen LogP contribution is 2.28. The van der Waals surface area contributed by atoms with Gasteiger partial charge in [-0.2, -0.15) is 0 Å². The minimum absolute atomic E-state index is 0.00700. The van der Waals surface area contributed by atoms with E-state index in [4.69, 9.17) is 21.6 Å². The highest BCUT2D eigenvalue weighted by atomic mass is 35.5. The third-order valence-electron chi connectivity index (χ3n) is 4.69. The molecule has 4 rings (SSSR count). The van der Waals surface area contributed by atoms with Crippen molar-refractivity contribution in [2.24, 2.45) is 0 Å². The molecule has 1 unspecified atom stereocenters. The molecule has 1 saturated heterocycles. The molecule has 0 aliphatic carbocycles. The molecule has 1 aromatic carbocycles. The lowest BCUT2D eigenvalue weighted by Crippen LogP contribution is -2.35. The number of hydrogen-bond acceptors (Lipinski definition) is 5. The first kappa shape index (κ1) is 18.4. The van der Waals surface area contributed by atoms with Crippen LogP contribution in [0.1, 0.15) is 13.3 Å². The lowest BCUT2D eigenvalue weighted by molar-refractivity contribution is -0.119. The molecule has 7 heteroatoms. The average Bonchev–Trinajstić information content (AvgIpc) is 3.17. The van der Waals surface area contributed by atoms with E-state index in [0.29, 0.717) is 10.8 Å². The zero-order valence-corrected chi connectivity index (χ0v) is 16.2. The van der Waals surface area contributed by atoms with Crippen LogP contribution in [0.4, 0.5) is 5.82 Å². The summed E-state index contributed by atoms with van der Waals surface area (Å²) in [5.74, 6) is 1.46. The van der Waals surface area contributed by atoms with Gasteiger partial charge in [0.15, 0.2) is 5.82 Å². The molecule has 3 heterocycles. The van der Waals surface area contributed by atoms with Crippen molar-refractivity contribution < 1.29 is 4.79 Å². The van der Waals surface area contributed by atoms with E-state index in [-0.39, 0.29) is 11.9 Å². The summed E-state index contributed by atoms with van der Waals surface area (Å²) in [5.41, 5.74) is 2.65. The third-order valence-corrected chi connectivity index (χ3v) is 4.94. The van der Waals surface area contributed by atoms with Crippen molar-refractivity contribution in [3.63, 3.8) is 0 Å². The number of hydrogen-bond donors (Lipinski definition) is 1. The minimum Gasteiger partial charge on any atom is -0.354 e. The maximum Gasteiger partial charge on any atom is 0.217 e. The third kappa shape index (κ3) is 4.12. The summed E-state index contributed by atoms with van der Waals surface area (Å²) in [5, 5.41) is 3.68. The zero-order chi connectivity index (χ0) is 19.5. The summed E-state index contributed by atoms with van der Waals surface area (Å²) in [6.07, 6.45) is 4.38. The van der Waals surface area contributed by atoms with E-state index in [1.54, 1.807) is 19.3 Å². The van der Waals surface area contributed by atoms with Gasteiger partial charge in [-0.1, -0.05) is 23.7 Å². The Morgan fingerprint density at radius 2 is 2.00 bits per heavy atom.